The van der Waals surface area contributed by atoms with Crippen LogP contribution in [0.1, 0.15) is 0 Å². The lowest BCUT2D eigenvalue weighted by Gasteiger charge is -2.12. The molecule has 96 valence electrons. The highest BCUT2D eigenvalue weighted by Crippen LogP contribution is 2.09. The van der Waals surface area contributed by atoms with E-state index < -0.39 is 0 Å². The molecular formula is C14H13N3S2. The first-order valence-electron chi connectivity index (χ1n) is 5.70. The standard InChI is InChI=1S/C14H13N3S2/c18-14(19)17-13(15-11-7-3-1-4-8-11)16-12-9-5-2-6-10-12/h1-10H,(H3,15,16,17,18,19). The maximum atomic E-state index is 4.90. The highest BCUT2D eigenvalue weighted by molar-refractivity contribution is 8.11. The summed E-state index contributed by atoms with van der Waals surface area (Å²) in [6.45, 7) is 0. The lowest BCUT2D eigenvalue weighted by Crippen LogP contribution is -2.22. The Morgan fingerprint density at radius 2 is 1.26 bits per heavy atom. The molecule has 3 nitrogen and oxygen atoms in total. The molecule has 0 aromatic heterocycles. The van der Waals surface area contributed by atoms with E-state index in [1.807, 2.05) is 60.7 Å². The van der Waals surface area contributed by atoms with Crippen LogP contribution in [-0.4, -0.2) is 10.3 Å². The van der Waals surface area contributed by atoms with Gasteiger partial charge in [-0.15, -0.1) is 12.6 Å². The van der Waals surface area contributed by atoms with Crippen LogP contribution in [0.4, 0.5) is 11.4 Å². The van der Waals surface area contributed by atoms with Crippen molar-refractivity contribution in [3.63, 3.8) is 0 Å². The van der Waals surface area contributed by atoms with Gasteiger partial charge in [0.2, 0.25) is 5.96 Å². The Morgan fingerprint density at radius 1 is 0.842 bits per heavy atom. The van der Waals surface area contributed by atoms with E-state index in [1.165, 1.54) is 0 Å². The number of thiocarbonyl (C=S) groups is 1. The predicted molar refractivity (Wildman–Crippen MR) is 89.1 cm³/mol. The zero-order valence-electron chi connectivity index (χ0n) is 10.1. The Morgan fingerprint density at radius 3 is 1.63 bits per heavy atom. The summed E-state index contributed by atoms with van der Waals surface area (Å²) in [7, 11) is 0. The van der Waals surface area contributed by atoms with Crippen molar-refractivity contribution < 1.29 is 0 Å². The van der Waals surface area contributed by atoms with Gasteiger partial charge in [0.05, 0.1) is 0 Å². The molecule has 19 heavy (non-hydrogen) atoms. The molecule has 2 aromatic rings. The molecule has 0 bridgehead atoms. The van der Waals surface area contributed by atoms with Gasteiger partial charge in [0, 0.05) is 11.4 Å². The van der Waals surface area contributed by atoms with Gasteiger partial charge in [-0.3, -0.25) is 0 Å². The van der Waals surface area contributed by atoms with E-state index in [-0.39, 0.29) is 4.32 Å². The fourth-order valence-corrected chi connectivity index (χ4v) is 1.69. The number of para-hydroxylation sites is 2. The summed E-state index contributed by atoms with van der Waals surface area (Å²) in [6, 6.07) is 19.5. The van der Waals surface area contributed by atoms with E-state index in [0.29, 0.717) is 5.96 Å². The number of rotatable bonds is 2. The molecule has 0 heterocycles. The van der Waals surface area contributed by atoms with Gasteiger partial charge in [-0.05, 0) is 24.3 Å². The minimum Gasteiger partial charge on any atom is -0.326 e. The summed E-state index contributed by atoms with van der Waals surface area (Å²) in [6.07, 6.45) is 0. The second-order valence-electron chi connectivity index (χ2n) is 3.73. The molecule has 0 spiro atoms. The van der Waals surface area contributed by atoms with Gasteiger partial charge in [0.15, 0.2) is 4.32 Å². The van der Waals surface area contributed by atoms with Crippen molar-refractivity contribution in [2.24, 2.45) is 4.99 Å². The number of benzene rings is 2. The Labute approximate surface area is 123 Å². The molecule has 0 radical (unpaired) electrons. The van der Waals surface area contributed by atoms with Crippen LogP contribution in [0.15, 0.2) is 65.7 Å². The van der Waals surface area contributed by atoms with Crippen LogP contribution in [0.5, 0.6) is 0 Å². The average molecular weight is 287 g/mol. The molecule has 0 saturated carbocycles. The summed E-state index contributed by atoms with van der Waals surface area (Å²) >= 11 is 8.94. The quantitative estimate of drug-likeness (QED) is 0.340. The first-order valence-corrected chi connectivity index (χ1v) is 6.55. The fraction of sp³-hybridized carbons (Fsp3) is 0. The van der Waals surface area contributed by atoms with Crippen LogP contribution >= 0.6 is 24.8 Å². The Hall–Kier alpha value is -1.85. The normalized spacial score (nSPS) is 9.53. The molecule has 2 rings (SSSR count). The zero-order chi connectivity index (χ0) is 13.5. The van der Waals surface area contributed by atoms with Crippen molar-refractivity contribution in [2.75, 3.05) is 10.6 Å². The average Bonchev–Trinajstić information content (AvgIpc) is 2.40. The number of nitrogens with one attached hydrogen (secondary N) is 2. The second-order valence-corrected chi connectivity index (χ2v) is 4.84. The van der Waals surface area contributed by atoms with Crippen molar-refractivity contribution in [1.82, 2.24) is 0 Å². The molecule has 0 fully saturated rings. The molecule has 0 atom stereocenters. The summed E-state index contributed by atoms with van der Waals surface area (Å²) in [5.74, 6) is 0.539. The van der Waals surface area contributed by atoms with Crippen LogP contribution in [0.2, 0.25) is 0 Å². The van der Waals surface area contributed by atoms with Gasteiger partial charge in [-0.1, -0.05) is 48.6 Å². The van der Waals surface area contributed by atoms with Crippen molar-refractivity contribution in [2.45, 2.75) is 0 Å². The van der Waals surface area contributed by atoms with Crippen molar-refractivity contribution in [3.8, 4) is 0 Å². The number of nitrogens with zero attached hydrogens (tertiary/aromatic N) is 1. The number of thiol groups is 1. The number of aliphatic imine (C=N–C) groups is 1. The first-order chi connectivity index (χ1) is 9.24. The minimum atomic E-state index is 0.266. The second kappa shape index (κ2) is 6.92. The van der Waals surface area contributed by atoms with E-state index in [4.69, 9.17) is 12.2 Å². The first kappa shape index (κ1) is 13.6. The maximum absolute atomic E-state index is 4.90. The molecule has 0 amide bonds. The number of hydrogen-bond donors (Lipinski definition) is 3. The van der Waals surface area contributed by atoms with Gasteiger partial charge in [-0.2, -0.15) is 4.99 Å². The number of guanidine groups is 1. The summed E-state index contributed by atoms with van der Waals surface area (Å²) in [5, 5.41) is 6.32. The van der Waals surface area contributed by atoms with Gasteiger partial charge in [0.25, 0.3) is 0 Å². The summed E-state index contributed by atoms with van der Waals surface area (Å²) in [4.78, 5) is 4.16. The van der Waals surface area contributed by atoms with Crippen LogP contribution < -0.4 is 10.6 Å². The Kier molecular flexibility index (Phi) is 4.94. The third-order valence-corrected chi connectivity index (χ3v) is 2.47. The van der Waals surface area contributed by atoms with Gasteiger partial charge < -0.3 is 10.6 Å². The van der Waals surface area contributed by atoms with E-state index >= 15 is 0 Å². The van der Waals surface area contributed by atoms with E-state index in [0.717, 1.165) is 11.4 Å². The summed E-state index contributed by atoms with van der Waals surface area (Å²) < 4.78 is 0.266. The van der Waals surface area contributed by atoms with E-state index in [9.17, 15) is 0 Å². The maximum Gasteiger partial charge on any atom is 0.206 e. The summed E-state index contributed by atoms with van der Waals surface area (Å²) in [5.41, 5.74) is 1.85. The van der Waals surface area contributed by atoms with Crippen LogP contribution in [0, 0.1) is 0 Å². The fourth-order valence-electron chi connectivity index (χ4n) is 1.50. The van der Waals surface area contributed by atoms with E-state index in [2.05, 4.69) is 28.3 Å². The molecule has 2 aromatic carbocycles. The molecular weight excluding hydrogens is 274 g/mol. The largest absolute Gasteiger partial charge is 0.326 e. The predicted octanol–water partition coefficient (Wildman–Crippen LogP) is 3.78. The monoisotopic (exact) mass is 287 g/mol. The van der Waals surface area contributed by atoms with Crippen molar-refractivity contribution in [3.05, 3.63) is 60.7 Å². The zero-order valence-corrected chi connectivity index (χ0v) is 11.8. The third-order valence-electron chi connectivity index (χ3n) is 2.28. The van der Waals surface area contributed by atoms with E-state index in [1.54, 1.807) is 0 Å². The highest BCUT2D eigenvalue weighted by atomic mass is 32.1. The minimum absolute atomic E-state index is 0.266. The molecule has 0 aliphatic heterocycles. The smallest absolute Gasteiger partial charge is 0.206 e. The lowest BCUT2D eigenvalue weighted by molar-refractivity contribution is 1.53. The van der Waals surface area contributed by atoms with Gasteiger partial charge in [0.1, 0.15) is 0 Å². The van der Waals surface area contributed by atoms with Crippen molar-refractivity contribution in [1.29, 1.82) is 0 Å². The van der Waals surface area contributed by atoms with Crippen LogP contribution in [0.3, 0.4) is 0 Å². The third kappa shape index (κ3) is 4.73. The molecule has 5 heteroatoms. The number of hydrogen-bond acceptors (Lipinski definition) is 1. The Balaban J connectivity index is 2.16. The van der Waals surface area contributed by atoms with Crippen LogP contribution in [0.25, 0.3) is 0 Å². The number of anilines is 2. The SMILES string of the molecule is S=C(S)N=C(Nc1ccccc1)Nc1ccccc1. The molecule has 2 N–H and O–H groups in total. The van der Waals surface area contributed by atoms with Gasteiger partial charge in [-0.25, -0.2) is 0 Å². The molecule has 0 unspecified atom stereocenters. The molecule has 0 saturated heterocycles. The molecule has 0 aliphatic rings. The molecule has 0 aliphatic carbocycles. The van der Waals surface area contributed by atoms with Crippen molar-refractivity contribution >= 4 is 46.5 Å². The van der Waals surface area contributed by atoms with Crippen LogP contribution in [-0.2, 0) is 0 Å². The van der Waals surface area contributed by atoms with Gasteiger partial charge >= 0.3 is 0 Å². The lowest BCUT2D eigenvalue weighted by atomic mass is 10.3. The highest BCUT2D eigenvalue weighted by Gasteiger charge is 2.01. The topological polar surface area (TPSA) is 36.4 Å². The Bertz CT molecular complexity index is 524.